The summed E-state index contributed by atoms with van der Waals surface area (Å²) in [6.45, 7) is 7.13. The highest BCUT2D eigenvalue weighted by atomic mass is 31.2. The molecule has 0 rings (SSSR count). The molecule has 92 heavy (non-hydrogen) atoms. The number of phosphoric acid groups is 2. The molecule has 17 nitrogen and oxygen atoms in total. The molecule has 0 aliphatic rings. The van der Waals surface area contributed by atoms with Gasteiger partial charge in [0.25, 0.3) is 0 Å². The Labute approximate surface area is 562 Å². The lowest BCUT2D eigenvalue weighted by atomic mass is 10.0. The van der Waals surface area contributed by atoms with Crippen LogP contribution in [0.5, 0.6) is 0 Å². The zero-order valence-corrected chi connectivity index (χ0v) is 61.5. The molecule has 0 spiro atoms. The summed E-state index contributed by atoms with van der Waals surface area (Å²) in [5, 5.41) is 10.6. The van der Waals surface area contributed by atoms with Gasteiger partial charge in [0.1, 0.15) is 19.3 Å². The highest BCUT2D eigenvalue weighted by molar-refractivity contribution is 7.47. The molecule has 0 amide bonds. The van der Waals surface area contributed by atoms with E-state index in [0.29, 0.717) is 31.6 Å². The molecule has 0 aromatic carbocycles. The first-order valence-corrected chi connectivity index (χ1v) is 41.1. The molecule has 0 radical (unpaired) electrons. The fourth-order valence-electron chi connectivity index (χ4n) is 11.2. The van der Waals surface area contributed by atoms with E-state index in [1.165, 1.54) is 193 Å². The van der Waals surface area contributed by atoms with Gasteiger partial charge in [0, 0.05) is 25.7 Å². The average Bonchev–Trinajstić information content (AvgIpc) is 2.05. The fraction of sp³-hybridized carbons (Fsp3) is 0.945. The third-order valence-corrected chi connectivity index (χ3v) is 18.9. The van der Waals surface area contributed by atoms with Crippen LogP contribution in [-0.2, 0) is 65.4 Å². The van der Waals surface area contributed by atoms with Crippen LogP contribution in [0.25, 0.3) is 0 Å². The smallest absolute Gasteiger partial charge is 0.462 e. The predicted molar refractivity (Wildman–Crippen MR) is 372 cm³/mol. The van der Waals surface area contributed by atoms with Crippen LogP contribution in [-0.4, -0.2) is 96.7 Å². The normalized spacial score (nSPS) is 14.0. The second-order valence-electron chi connectivity index (χ2n) is 26.8. The van der Waals surface area contributed by atoms with E-state index in [1.807, 2.05) is 0 Å². The van der Waals surface area contributed by atoms with Crippen molar-refractivity contribution in [3.63, 3.8) is 0 Å². The summed E-state index contributed by atoms with van der Waals surface area (Å²) >= 11 is 0. The zero-order chi connectivity index (χ0) is 67.7. The average molecular weight is 1350 g/mol. The molecule has 0 fully saturated rings. The number of ether oxygens (including phenoxy) is 4. The van der Waals surface area contributed by atoms with Crippen LogP contribution in [0, 0.1) is 5.92 Å². The fourth-order valence-corrected chi connectivity index (χ4v) is 12.8. The molecule has 5 atom stereocenters. The van der Waals surface area contributed by atoms with Crippen molar-refractivity contribution in [3.05, 3.63) is 0 Å². The number of carbonyl (C=O) groups is 4. The molecular formula is C73H142O17P2. The summed E-state index contributed by atoms with van der Waals surface area (Å²) in [7, 11) is -9.90. The number of esters is 4. The van der Waals surface area contributed by atoms with Gasteiger partial charge in [0.15, 0.2) is 12.2 Å². The Hall–Kier alpha value is -1.94. The number of unbranched alkanes of at least 4 members (excludes halogenated alkanes) is 45. The number of rotatable bonds is 73. The van der Waals surface area contributed by atoms with Gasteiger partial charge in [0.05, 0.1) is 26.4 Å². The standard InChI is InChI=1S/C73H142O17P2/c1-6-9-12-15-18-20-22-24-26-28-30-32-34-36-38-41-47-52-57-71(76)84-63-68(89-72(77)58-53-48-42-39-37-35-33-31-29-27-25-23-21-19-16-13-10-7-2)64-87-91(79,80)85-60-67(74)61-86-92(81,82)88-65-69(62-83-70(75)56-51-46-40-17-14-11-8-3)90-73(78)59-54-49-44-43-45-50-55-66(4)5/h66-69,74H,6-65H2,1-5H3,(H,79,80)(H,81,82)/t67-,68-,69-/m1/s1. The Morgan fingerprint density at radius 2 is 0.500 bits per heavy atom. The van der Waals surface area contributed by atoms with Crippen LogP contribution in [0.4, 0.5) is 0 Å². The van der Waals surface area contributed by atoms with Gasteiger partial charge in [-0.1, -0.05) is 330 Å². The summed E-state index contributed by atoms with van der Waals surface area (Å²) < 4.78 is 68.2. The zero-order valence-electron chi connectivity index (χ0n) is 59.7. The molecule has 19 heteroatoms. The first kappa shape index (κ1) is 90.1. The molecule has 546 valence electrons. The lowest BCUT2D eigenvalue weighted by Crippen LogP contribution is -2.30. The molecule has 0 saturated heterocycles. The van der Waals surface area contributed by atoms with Crippen molar-refractivity contribution >= 4 is 39.5 Å². The Morgan fingerprint density at radius 3 is 0.739 bits per heavy atom. The highest BCUT2D eigenvalue weighted by Crippen LogP contribution is 2.45. The molecule has 0 aliphatic carbocycles. The van der Waals surface area contributed by atoms with E-state index in [4.69, 9.17) is 37.0 Å². The predicted octanol–water partition coefficient (Wildman–Crippen LogP) is 21.3. The van der Waals surface area contributed by atoms with Crippen molar-refractivity contribution in [3.8, 4) is 0 Å². The minimum absolute atomic E-state index is 0.102. The SMILES string of the molecule is CCCCCCCCCCCCCCCCCCCCC(=O)OC[C@H](COP(=O)(O)OC[C@@H](O)COP(=O)(O)OC[C@@H](COC(=O)CCCCCCCCC)OC(=O)CCCCCCCCC(C)C)OC(=O)CCCCCCCCCCCCCCCCCCCC. The lowest BCUT2D eigenvalue weighted by Gasteiger charge is -2.21. The van der Waals surface area contributed by atoms with E-state index in [9.17, 15) is 43.2 Å². The Balaban J connectivity index is 5.16. The molecule has 2 unspecified atom stereocenters. The van der Waals surface area contributed by atoms with Gasteiger partial charge >= 0.3 is 39.5 Å². The molecule has 0 heterocycles. The van der Waals surface area contributed by atoms with Gasteiger partial charge in [-0.3, -0.25) is 37.3 Å². The van der Waals surface area contributed by atoms with Crippen molar-refractivity contribution in [1.82, 2.24) is 0 Å². The van der Waals surface area contributed by atoms with Gasteiger partial charge in [-0.15, -0.1) is 0 Å². The monoisotopic (exact) mass is 1350 g/mol. The third-order valence-electron chi connectivity index (χ3n) is 17.0. The van der Waals surface area contributed by atoms with Crippen LogP contribution >= 0.6 is 15.6 Å². The molecule has 0 aliphatic heterocycles. The van der Waals surface area contributed by atoms with Crippen molar-refractivity contribution in [1.29, 1.82) is 0 Å². The van der Waals surface area contributed by atoms with Gasteiger partial charge in [-0.2, -0.15) is 0 Å². The number of phosphoric ester groups is 2. The maximum Gasteiger partial charge on any atom is 0.472 e. The maximum atomic E-state index is 13.1. The number of carbonyl (C=O) groups excluding carboxylic acids is 4. The second kappa shape index (κ2) is 66.3. The molecule has 0 aromatic rings. The van der Waals surface area contributed by atoms with Crippen LogP contribution in [0.1, 0.15) is 381 Å². The minimum Gasteiger partial charge on any atom is -0.462 e. The molecular weight excluding hydrogens is 1210 g/mol. The molecule has 0 saturated carbocycles. The molecule has 3 N–H and O–H groups in total. The van der Waals surface area contributed by atoms with Crippen LogP contribution in [0.15, 0.2) is 0 Å². The summed E-state index contributed by atoms with van der Waals surface area (Å²) in [6.07, 6.45) is 54.6. The quantitative estimate of drug-likeness (QED) is 0.0222. The largest absolute Gasteiger partial charge is 0.472 e. The van der Waals surface area contributed by atoms with E-state index < -0.39 is 97.5 Å². The van der Waals surface area contributed by atoms with Crippen molar-refractivity contribution in [2.24, 2.45) is 5.92 Å². The Bertz CT molecular complexity index is 1770. The highest BCUT2D eigenvalue weighted by Gasteiger charge is 2.30. The van der Waals surface area contributed by atoms with Crippen LogP contribution in [0.3, 0.4) is 0 Å². The Kier molecular flexibility index (Phi) is 64.9. The van der Waals surface area contributed by atoms with E-state index >= 15 is 0 Å². The topological polar surface area (TPSA) is 237 Å². The van der Waals surface area contributed by atoms with E-state index in [0.717, 1.165) is 103 Å². The summed E-state index contributed by atoms with van der Waals surface area (Å²) in [6, 6.07) is 0. The van der Waals surface area contributed by atoms with Gasteiger partial charge in [-0.05, 0) is 31.6 Å². The first-order valence-electron chi connectivity index (χ1n) is 38.1. The number of hydrogen-bond acceptors (Lipinski definition) is 15. The molecule has 0 aromatic heterocycles. The van der Waals surface area contributed by atoms with E-state index in [-0.39, 0.29) is 25.7 Å². The molecule has 0 bridgehead atoms. The van der Waals surface area contributed by atoms with E-state index in [1.54, 1.807) is 0 Å². The summed E-state index contributed by atoms with van der Waals surface area (Å²) in [5.41, 5.74) is 0. The summed E-state index contributed by atoms with van der Waals surface area (Å²) in [4.78, 5) is 72.5. The Morgan fingerprint density at radius 1 is 0.293 bits per heavy atom. The third kappa shape index (κ3) is 66.7. The van der Waals surface area contributed by atoms with Crippen molar-refractivity contribution in [2.75, 3.05) is 39.6 Å². The van der Waals surface area contributed by atoms with E-state index in [2.05, 4.69) is 34.6 Å². The van der Waals surface area contributed by atoms with Crippen molar-refractivity contribution in [2.45, 2.75) is 400 Å². The van der Waals surface area contributed by atoms with Crippen LogP contribution in [0.2, 0.25) is 0 Å². The van der Waals surface area contributed by atoms with Gasteiger partial charge in [-0.25, -0.2) is 9.13 Å². The lowest BCUT2D eigenvalue weighted by molar-refractivity contribution is -0.161. The van der Waals surface area contributed by atoms with Crippen LogP contribution < -0.4 is 0 Å². The maximum absolute atomic E-state index is 13.1. The number of hydrogen-bond donors (Lipinski definition) is 3. The first-order chi connectivity index (χ1) is 44.5. The number of aliphatic hydroxyl groups is 1. The summed E-state index contributed by atoms with van der Waals surface area (Å²) in [5.74, 6) is -1.46. The van der Waals surface area contributed by atoms with Gasteiger partial charge in [0.2, 0.25) is 0 Å². The van der Waals surface area contributed by atoms with Gasteiger partial charge < -0.3 is 33.8 Å². The second-order valence-corrected chi connectivity index (χ2v) is 29.7. The minimum atomic E-state index is -4.95. The number of aliphatic hydroxyl groups excluding tert-OH is 1. The van der Waals surface area contributed by atoms with Crippen molar-refractivity contribution < 1.29 is 80.2 Å².